The molecule has 4 nitrogen and oxygen atoms in total. The molecule has 0 amide bonds. The number of hydrogen-bond donors (Lipinski definition) is 0. The van der Waals surface area contributed by atoms with Crippen molar-refractivity contribution < 1.29 is 17.3 Å². The number of methoxy groups -OCH3 is 1. The van der Waals surface area contributed by atoms with Crippen molar-refractivity contribution in [1.29, 1.82) is 0 Å². The monoisotopic (exact) mass is 328 g/mol. The summed E-state index contributed by atoms with van der Waals surface area (Å²) in [4.78, 5) is 0.209. The maximum absolute atomic E-state index is 12.2. The van der Waals surface area contributed by atoms with Crippen LogP contribution in [0.25, 0.3) is 0 Å². The van der Waals surface area contributed by atoms with Gasteiger partial charge in [-0.2, -0.15) is 8.42 Å². The quantitative estimate of drug-likeness (QED) is 0.641. The molecule has 0 saturated heterocycles. The minimum Gasteiger partial charge on any atom is -0.379 e. The van der Waals surface area contributed by atoms with Gasteiger partial charge in [-0.3, -0.25) is 4.18 Å². The molecule has 2 atom stereocenters. The third-order valence-electron chi connectivity index (χ3n) is 4.16. The molecule has 126 valence electrons. The van der Waals surface area contributed by atoms with Crippen LogP contribution >= 0.6 is 0 Å². The van der Waals surface area contributed by atoms with Gasteiger partial charge in [0.05, 0.1) is 16.6 Å². The summed E-state index contributed by atoms with van der Waals surface area (Å²) in [6.45, 7) is 7.87. The van der Waals surface area contributed by atoms with Crippen molar-refractivity contribution in [3.8, 4) is 0 Å². The predicted molar refractivity (Wildman–Crippen MR) is 88.5 cm³/mol. The van der Waals surface area contributed by atoms with Gasteiger partial charge in [0.1, 0.15) is 0 Å². The van der Waals surface area contributed by atoms with Crippen LogP contribution in [0.5, 0.6) is 0 Å². The summed E-state index contributed by atoms with van der Waals surface area (Å²) in [6, 6.07) is 6.70. The van der Waals surface area contributed by atoms with Gasteiger partial charge in [-0.05, 0) is 58.6 Å². The van der Waals surface area contributed by atoms with E-state index in [1.54, 1.807) is 38.3 Å². The van der Waals surface area contributed by atoms with Gasteiger partial charge in [0.2, 0.25) is 0 Å². The molecular weight excluding hydrogens is 300 g/mol. The summed E-state index contributed by atoms with van der Waals surface area (Å²) >= 11 is 0. The van der Waals surface area contributed by atoms with Crippen molar-refractivity contribution in [3.05, 3.63) is 29.8 Å². The zero-order chi connectivity index (χ0) is 16.8. The second-order valence-corrected chi connectivity index (χ2v) is 7.65. The summed E-state index contributed by atoms with van der Waals surface area (Å²) in [5, 5.41) is 0. The molecule has 0 aliphatic rings. The third-order valence-corrected chi connectivity index (χ3v) is 5.59. The van der Waals surface area contributed by atoms with Crippen LogP contribution in [-0.2, 0) is 19.0 Å². The van der Waals surface area contributed by atoms with E-state index in [2.05, 4.69) is 13.8 Å². The van der Waals surface area contributed by atoms with Crippen molar-refractivity contribution in [1.82, 2.24) is 0 Å². The van der Waals surface area contributed by atoms with E-state index in [1.165, 1.54) is 0 Å². The summed E-state index contributed by atoms with van der Waals surface area (Å²) in [7, 11) is -1.97. The van der Waals surface area contributed by atoms with Gasteiger partial charge in [0.15, 0.2) is 0 Å². The van der Waals surface area contributed by atoms with Gasteiger partial charge in [-0.25, -0.2) is 0 Å². The molecule has 0 heterocycles. The first-order valence-corrected chi connectivity index (χ1v) is 9.18. The second kappa shape index (κ2) is 8.09. The lowest BCUT2D eigenvalue weighted by molar-refractivity contribution is -0.00758. The van der Waals surface area contributed by atoms with Gasteiger partial charge >= 0.3 is 0 Å². The van der Waals surface area contributed by atoms with Crippen molar-refractivity contribution in [2.75, 3.05) is 7.11 Å². The zero-order valence-electron chi connectivity index (χ0n) is 14.3. The molecule has 0 aliphatic heterocycles. The highest BCUT2D eigenvalue weighted by Crippen LogP contribution is 2.23. The first-order valence-electron chi connectivity index (χ1n) is 7.77. The highest BCUT2D eigenvalue weighted by Gasteiger charge is 2.22. The Morgan fingerprint density at radius 1 is 1.23 bits per heavy atom. The molecule has 1 rings (SSSR count). The van der Waals surface area contributed by atoms with Crippen molar-refractivity contribution in [2.24, 2.45) is 0 Å². The van der Waals surface area contributed by atoms with Crippen LogP contribution in [0.3, 0.4) is 0 Å². The zero-order valence-corrected chi connectivity index (χ0v) is 15.1. The molecule has 0 fully saturated rings. The van der Waals surface area contributed by atoms with E-state index in [1.807, 2.05) is 6.92 Å². The molecule has 0 N–H and O–H groups in total. The van der Waals surface area contributed by atoms with Crippen LogP contribution in [0.15, 0.2) is 29.2 Å². The van der Waals surface area contributed by atoms with Crippen LogP contribution in [0.2, 0.25) is 0 Å². The summed E-state index contributed by atoms with van der Waals surface area (Å²) in [6.07, 6.45) is 3.02. The Hall–Kier alpha value is -0.910. The van der Waals surface area contributed by atoms with Gasteiger partial charge in [0, 0.05) is 7.11 Å². The molecular formula is C17H28O4S. The first-order chi connectivity index (χ1) is 10.2. The molecule has 22 heavy (non-hydrogen) atoms. The second-order valence-electron chi connectivity index (χ2n) is 6.07. The van der Waals surface area contributed by atoms with E-state index in [0.29, 0.717) is 6.42 Å². The molecule has 0 spiro atoms. The fourth-order valence-corrected chi connectivity index (χ4v) is 3.32. The lowest BCUT2D eigenvalue weighted by atomic mass is 9.95. The Morgan fingerprint density at radius 2 is 1.82 bits per heavy atom. The largest absolute Gasteiger partial charge is 0.379 e. The Labute approximate surface area is 135 Å². The van der Waals surface area contributed by atoms with E-state index in [-0.39, 0.29) is 16.6 Å². The smallest absolute Gasteiger partial charge is 0.297 e. The maximum Gasteiger partial charge on any atom is 0.297 e. The van der Waals surface area contributed by atoms with Crippen molar-refractivity contribution >= 4 is 10.1 Å². The molecule has 2 unspecified atom stereocenters. The summed E-state index contributed by atoms with van der Waals surface area (Å²) < 4.78 is 35.1. The number of hydrogen-bond acceptors (Lipinski definition) is 4. The topological polar surface area (TPSA) is 52.6 Å². The molecule has 1 aromatic rings. The highest BCUT2D eigenvalue weighted by atomic mass is 32.2. The van der Waals surface area contributed by atoms with E-state index in [9.17, 15) is 8.42 Å². The normalized spacial score (nSPS) is 16.2. The van der Waals surface area contributed by atoms with E-state index in [4.69, 9.17) is 8.92 Å². The first kappa shape index (κ1) is 19.1. The fourth-order valence-electron chi connectivity index (χ4n) is 2.21. The molecule has 1 aromatic carbocycles. The molecule has 0 aliphatic carbocycles. The molecule has 0 radical (unpaired) electrons. The van der Waals surface area contributed by atoms with Gasteiger partial charge in [0.25, 0.3) is 10.1 Å². The minimum atomic E-state index is -3.68. The molecule has 0 bridgehead atoms. The number of aryl methyl sites for hydroxylation is 1. The minimum absolute atomic E-state index is 0.143. The SMILES string of the molecule is CCC(C)(CCCC(C)OS(=O)(=O)c1ccc(C)cc1)OC. The lowest BCUT2D eigenvalue weighted by Gasteiger charge is -2.27. The lowest BCUT2D eigenvalue weighted by Crippen LogP contribution is -2.26. The van der Waals surface area contributed by atoms with Crippen LogP contribution in [0, 0.1) is 6.92 Å². The average Bonchev–Trinajstić information content (AvgIpc) is 2.47. The predicted octanol–water partition coefficient (Wildman–Crippen LogP) is 4.07. The van der Waals surface area contributed by atoms with Gasteiger partial charge in [-0.15, -0.1) is 0 Å². The average molecular weight is 328 g/mol. The Bertz CT molecular complexity index is 545. The summed E-state index contributed by atoms with van der Waals surface area (Å²) in [5.74, 6) is 0. The number of rotatable bonds is 9. The van der Waals surface area contributed by atoms with E-state index >= 15 is 0 Å². The van der Waals surface area contributed by atoms with E-state index in [0.717, 1.165) is 24.8 Å². The van der Waals surface area contributed by atoms with E-state index < -0.39 is 10.1 Å². The maximum atomic E-state index is 12.2. The molecule has 0 saturated carbocycles. The van der Waals surface area contributed by atoms with Crippen LogP contribution < -0.4 is 0 Å². The van der Waals surface area contributed by atoms with Gasteiger partial charge in [-0.1, -0.05) is 24.6 Å². The third kappa shape index (κ3) is 5.71. The fraction of sp³-hybridized carbons (Fsp3) is 0.647. The highest BCUT2D eigenvalue weighted by molar-refractivity contribution is 7.86. The Kier molecular flexibility index (Phi) is 7.03. The Balaban J connectivity index is 2.54. The number of ether oxygens (including phenoxy) is 1. The standard InChI is InChI=1S/C17H28O4S/c1-6-17(4,20-5)13-7-8-15(3)21-22(18,19)16-11-9-14(2)10-12-16/h9-12,15H,6-8,13H2,1-5H3. The number of benzene rings is 1. The van der Waals surface area contributed by atoms with Gasteiger partial charge < -0.3 is 4.74 Å². The summed E-state index contributed by atoms with van der Waals surface area (Å²) in [5.41, 5.74) is 0.876. The molecule has 0 aromatic heterocycles. The van der Waals surface area contributed by atoms with Crippen LogP contribution in [0.1, 0.15) is 52.0 Å². The van der Waals surface area contributed by atoms with Crippen LogP contribution in [-0.4, -0.2) is 27.2 Å². The van der Waals surface area contributed by atoms with Crippen molar-refractivity contribution in [3.63, 3.8) is 0 Å². The molecule has 5 heteroatoms. The van der Waals surface area contributed by atoms with Crippen LogP contribution in [0.4, 0.5) is 0 Å². The van der Waals surface area contributed by atoms with Crippen molar-refractivity contribution in [2.45, 2.75) is 70.0 Å². The Morgan fingerprint density at radius 3 is 2.32 bits per heavy atom.